The van der Waals surface area contributed by atoms with Crippen LogP contribution < -0.4 is 10.2 Å². The topological polar surface area (TPSA) is 51.2 Å². The second-order valence-corrected chi connectivity index (χ2v) is 11.0. The minimum atomic E-state index is -0.318. The van der Waals surface area contributed by atoms with Gasteiger partial charge in [-0.1, -0.05) is 59.6 Å². The molecule has 2 amide bonds. The van der Waals surface area contributed by atoms with E-state index in [1.54, 1.807) is 0 Å². The molecule has 38 heavy (non-hydrogen) atoms. The van der Waals surface area contributed by atoms with E-state index < -0.39 is 0 Å². The lowest BCUT2D eigenvalue weighted by Gasteiger charge is -2.36. The van der Waals surface area contributed by atoms with Crippen molar-refractivity contribution in [2.45, 2.75) is 24.9 Å². The predicted octanol–water partition coefficient (Wildman–Crippen LogP) is 6.16. The van der Waals surface area contributed by atoms with Crippen LogP contribution in [0.25, 0.3) is 0 Å². The molecule has 3 heterocycles. The standard InChI is InChI=1S/C30H31Cl2N5O/c31-24-10-6-21(7-11-24)27-28(22-8-12-25(32)13-9-22)37(30(38)36-18-14-33-15-19-36)29(34-27)23-4-3-5-26(20-23)35-16-1-2-17-35/h3-13,20,27-28,33H,1-2,14-19H2. The summed E-state index contributed by atoms with van der Waals surface area (Å²) in [7, 11) is 0. The first-order chi connectivity index (χ1) is 18.6. The highest BCUT2D eigenvalue weighted by Gasteiger charge is 2.44. The van der Waals surface area contributed by atoms with E-state index >= 15 is 0 Å². The minimum Gasteiger partial charge on any atom is -0.372 e. The number of piperazine rings is 1. The fourth-order valence-corrected chi connectivity index (χ4v) is 5.95. The van der Waals surface area contributed by atoms with E-state index in [1.165, 1.54) is 18.5 Å². The first-order valence-corrected chi connectivity index (χ1v) is 14.1. The smallest absolute Gasteiger partial charge is 0.326 e. The molecule has 2 fully saturated rings. The van der Waals surface area contributed by atoms with Crippen LogP contribution in [0.2, 0.25) is 10.0 Å². The molecule has 3 aliphatic rings. The van der Waals surface area contributed by atoms with Crippen molar-refractivity contribution < 1.29 is 4.79 Å². The number of amides is 2. The van der Waals surface area contributed by atoms with Gasteiger partial charge in [0.15, 0.2) is 0 Å². The molecule has 196 valence electrons. The zero-order valence-corrected chi connectivity index (χ0v) is 22.7. The number of urea groups is 1. The summed E-state index contributed by atoms with van der Waals surface area (Å²) in [6, 6.07) is 23.4. The van der Waals surface area contributed by atoms with Gasteiger partial charge in [-0.3, -0.25) is 9.89 Å². The molecule has 0 spiro atoms. The minimum absolute atomic E-state index is 0.0201. The van der Waals surface area contributed by atoms with Gasteiger partial charge in [-0.15, -0.1) is 0 Å². The van der Waals surface area contributed by atoms with Gasteiger partial charge in [0, 0.05) is 60.6 Å². The summed E-state index contributed by atoms with van der Waals surface area (Å²) in [6.07, 6.45) is 2.41. The van der Waals surface area contributed by atoms with Crippen LogP contribution in [-0.4, -0.2) is 60.9 Å². The fourth-order valence-electron chi connectivity index (χ4n) is 5.69. The summed E-state index contributed by atoms with van der Waals surface area (Å²) in [5.74, 6) is 0.703. The number of amidine groups is 1. The van der Waals surface area contributed by atoms with Crippen molar-refractivity contribution in [1.29, 1.82) is 0 Å². The Morgan fingerprint density at radius 1 is 0.816 bits per heavy atom. The van der Waals surface area contributed by atoms with Crippen molar-refractivity contribution in [2.24, 2.45) is 4.99 Å². The third kappa shape index (κ3) is 5.00. The Labute approximate surface area is 233 Å². The predicted molar refractivity (Wildman–Crippen MR) is 154 cm³/mol. The van der Waals surface area contributed by atoms with Crippen LogP contribution in [-0.2, 0) is 0 Å². The molecule has 0 radical (unpaired) electrons. The van der Waals surface area contributed by atoms with E-state index in [2.05, 4.69) is 34.5 Å². The summed E-state index contributed by atoms with van der Waals surface area (Å²) in [5, 5.41) is 4.69. The molecule has 0 bridgehead atoms. The number of hydrogen-bond donors (Lipinski definition) is 1. The number of nitrogens with one attached hydrogen (secondary N) is 1. The zero-order chi connectivity index (χ0) is 26.1. The van der Waals surface area contributed by atoms with Crippen molar-refractivity contribution in [1.82, 2.24) is 15.1 Å². The Bertz CT molecular complexity index is 1320. The van der Waals surface area contributed by atoms with E-state index in [1.807, 2.05) is 58.3 Å². The molecule has 3 aliphatic heterocycles. The van der Waals surface area contributed by atoms with E-state index in [4.69, 9.17) is 28.2 Å². The van der Waals surface area contributed by atoms with Gasteiger partial charge in [0.1, 0.15) is 11.9 Å². The maximum Gasteiger partial charge on any atom is 0.326 e. The lowest BCUT2D eigenvalue weighted by atomic mass is 9.93. The Balaban J connectivity index is 1.48. The van der Waals surface area contributed by atoms with Crippen LogP contribution >= 0.6 is 23.2 Å². The number of anilines is 1. The summed E-state index contributed by atoms with van der Waals surface area (Å²) >= 11 is 12.5. The van der Waals surface area contributed by atoms with Gasteiger partial charge in [-0.2, -0.15) is 0 Å². The highest BCUT2D eigenvalue weighted by Crippen LogP contribution is 2.44. The van der Waals surface area contributed by atoms with Crippen LogP contribution in [0, 0.1) is 0 Å². The highest BCUT2D eigenvalue weighted by molar-refractivity contribution is 6.30. The maximum absolute atomic E-state index is 14.3. The van der Waals surface area contributed by atoms with E-state index in [0.717, 1.165) is 42.9 Å². The molecule has 2 atom stereocenters. The number of benzene rings is 3. The summed E-state index contributed by atoms with van der Waals surface area (Å²) in [5.41, 5.74) is 4.13. The van der Waals surface area contributed by atoms with Gasteiger partial charge in [-0.25, -0.2) is 4.79 Å². The molecule has 0 saturated carbocycles. The van der Waals surface area contributed by atoms with Crippen molar-refractivity contribution in [3.63, 3.8) is 0 Å². The number of rotatable bonds is 4. The Kier molecular flexibility index (Phi) is 7.28. The molecule has 3 aromatic carbocycles. The van der Waals surface area contributed by atoms with Gasteiger partial charge in [0.25, 0.3) is 0 Å². The van der Waals surface area contributed by atoms with Gasteiger partial charge >= 0.3 is 6.03 Å². The molecule has 2 unspecified atom stereocenters. The highest BCUT2D eigenvalue weighted by atomic mass is 35.5. The van der Waals surface area contributed by atoms with Crippen LogP contribution in [0.3, 0.4) is 0 Å². The SMILES string of the molecule is O=C(N1CCNCC1)N1C(c2cccc(N3CCCC3)c2)=NC(c2ccc(Cl)cc2)C1c1ccc(Cl)cc1. The molecule has 8 heteroatoms. The number of hydrogen-bond acceptors (Lipinski definition) is 4. The van der Waals surface area contributed by atoms with E-state index in [9.17, 15) is 4.79 Å². The monoisotopic (exact) mass is 547 g/mol. The lowest BCUT2D eigenvalue weighted by molar-refractivity contribution is 0.157. The van der Waals surface area contributed by atoms with Crippen LogP contribution in [0.15, 0.2) is 77.8 Å². The number of carbonyl (C=O) groups is 1. The fraction of sp³-hybridized carbons (Fsp3) is 0.333. The number of carbonyl (C=O) groups excluding carboxylic acids is 1. The Morgan fingerprint density at radius 2 is 1.45 bits per heavy atom. The first kappa shape index (κ1) is 25.2. The summed E-state index contributed by atoms with van der Waals surface area (Å²) in [4.78, 5) is 25.8. The van der Waals surface area contributed by atoms with Crippen molar-refractivity contribution >= 4 is 40.8 Å². The third-order valence-electron chi connectivity index (χ3n) is 7.66. The molecule has 3 aromatic rings. The molecule has 6 nitrogen and oxygen atoms in total. The molecule has 0 aliphatic carbocycles. The number of nitrogens with zero attached hydrogens (tertiary/aromatic N) is 4. The average Bonchev–Trinajstić information content (AvgIpc) is 3.63. The average molecular weight is 549 g/mol. The van der Waals surface area contributed by atoms with Gasteiger partial charge in [-0.05, 0) is 60.4 Å². The lowest BCUT2D eigenvalue weighted by Crippen LogP contribution is -2.53. The zero-order valence-electron chi connectivity index (χ0n) is 21.2. The second-order valence-electron chi connectivity index (χ2n) is 10.1. The summed E-state index contributed by atoms with van der Waals surface area (Å²) in [6.45, 7) is 5.00. The van der Waals surface area contributed by atoms with Crippen LogP contribution in [0.1, 0.15) is 41.6 Å². The quantitative estimate of drug-likeness (QED) is 0.425. The molecular weight excluding hydrogens is 517 g/mol. The van der Waals surface area contributed by atoms with Crippen molar-refractivity contribution in [3.05, 3.63) is 99.5 Å². The third-order valence-corrected chi connectivity index (χ3v) is 8.16. The molecule has 1 N–H and O–H groups in total. The Morgan fingerprint density at radius 3 is 2.11 bits per heavy atom. The number of halogens is 2. The van der Waals surface area contributed by atoms with Crippen LogP contribution in [0.5, 0.6) is 0 Å². The Hall–Kier alpha value is -3.06. The van der Waals surface area contributed by atoms with Crippen molar-refractivity contribution in [2.75, 3.05) is 44.2 Å². The van der Waals surface area contributed by atoms with E-state index in [-0.39, 0.29) is 18.1 Å². The molecule has 0 aromatic heterocycles. The van der Waals surface area contributed by atoms with Gasteiger partial charge < -0.3 is 15.1 Å². The van der Waals surface area contributed by atoms with E-state index in [0.29, 0.717) is 29.0 Å². The molecule has 2 saturated heterocycles. The van der Waals surface area contributed by atoms with Crippen molar-refractivity contribution in [3.8, 4) is 0 Å². The van der Waals surface area contributed by atoms with Crippen LogP contribution in [0.4, 0.5) is 10.5 Å². The normalized spacial score (nSPS) is 21.6. The summed E-state index contributed by atoms with van der Waals surface area (Å²) < 4.78 is 0. The maximum atomic E-state index is 14.3. The molecule has 6 rings (SSSR count). The molecular formula is C30H31Cl2N5O. The largest absolute Gasteiger partial charge is 0.372 e. The van der Waals surface area contributed by atoms with Gasteiger partial charge in [0.2, 0.25) is 0 Å². The first-order valence-electron chi connectivity index (χ1n) is 13.3. The second kappa shape index (κ2) is 11.0. The number of aliphatic imine (C=N–C) groups is 1. The van der Waals surface area contributed by atoms with Gasteiger partial charge in [0.05, 0.1) is 6.04 Å².